The molecule has 0 N–H and O–H groups in total. The van der Waals surface area contributed by atoms with Gasteiger partial charge in [0.05, 0.1) is 38.0 Å². The molecule has 0 unspecified atom stereocenters. The van der Waals surface area contributed by atoms with Crippen molar-refractivity contribution in [3.63, 3.8) is 0 Å². The molecule has 0 bridgehead atoms. The highest BCUT2D eigenvalue weighted by Gasteiger charge is 2.19. The molecule has 4 heteroatoms. The molecular weight excluding hydrogens is 687 g/mol. The summed E-state index contributed by atoms with van der Waals surface area (Å²) in [5.74, 6) is 0. The minimum atomic E-state index is 1.01. The number of aromatic nitrogens is 3. The van der Waals surface area contributed by atoms with Gasteiger partial charge in [-0.3, -0.25) is 0 Å². The molecule has 0 radical (unpaired) electrons. The Morgan fingerprint density at radius 1 is 0.364 bits per heavy atom. The van der Waals surface area contributed by atoms with Crippen molar-refractivity contribution in [1.82, 2.24) is 14.1 Å². The number of nitrogens with zero attached hydrogens (tertiary/aromatic N) is 3. The van der Waals surface area contributed by atoms with Crippen LogP contribution >= 0.6 is 11.3 Å². The Hall–Kier alpha value is -7.01. The Morgan fingerprint density at radius 3 is 1.42 bits per heavy atom. The number of para-hydroxylation sites is 5. The van der Waals surface area contributed by atoms with Gasteiger partial charge < -0.3 is 9.13 Å². The molecule has 0 aliphatic carbocycles. The van der Waals surface area contributed by atoms with E-state index in [1.54, 1.807) is 0 Å². The molecule has 0 aliphatic heterocycles. The standard InChI is InChI=1S/C51H31N3S/c1-7-22-43-41(20-1)49-42-21-6-12-27-48(42)55-51(49)50(52-43)33-15-13-14-32(28-33)34-29-35(53-44-23-8-2-16-37(44)38-17-3-9-24-45(38)53)31-36(30-34)54-46-25-10-4-18-39(46)40-19-5-11-26-47(40)54/h1-31H. The summed E-state index contributed by atoms with van der Waals surface area (Å²) in [6.45, 7) is 0. The van der Waals surface area contributed by atoms with E-state index in [0.29, 0.717) is 0 Å². The van der Waals surface area contributed by atoms with Crippen LogP contribution < -0.4 is 0 Å². The first-order valence-electron chi connectivity index (χ1n) is 18.7. The lowest BCUT2D eigenvalue weighted by molar-refractivity contribution is 1.13. The SMILES string of the molecule is c1cc(-c2cc(-n3c4ccccc4c4ccccc43)cc(-n3c4ccccc4c4ccccc43)c2)cc(-c2nc3ccccc3c3c2sc2ccccc23)c1. The summed E-state index contributed by atoms with van der Waals surface area (Å²) in [6.07, 6.45) is 0. The number of fused-ring (bicyclic) bond motifs is 11. The maximum absolute atomic E-state index is 5.36. The fourth-order valence-corrected chi connectivity index (χ4v) is 10.1. The second-order valence-corrected chi connectivity index (χ2v) is 15.4. The number of hydrogen-bond acceptors (Lipinski definition) is 2. The average molecular weight is 718 g/mol. The van der Waals surface area contributed by atoms with Crippen molar-refractivity contribution in [2.24, 2.45) is 0 Å². The molecule has 12 rings (SSSR count). The lowest BCUT2D eigenvalue weighted by atomic mass is 9.98. The summed E-state index contributed by atoms with van der Waals surface area (Å²) in [4.78, 5) is 5.36. The molecule has 0 spiro atoms. The van der Waals surface area contributed by atoms with Crippen LogP contribution in [-0.4, -0.2) is 14.1 Å². The summed E-state index contributed by atoms with van der Waals surface area (Å²) in [5.41, 5.74) is 12.4. The Morgan fingerprint density at radius 2 is 0.836 bits per heavy atom. The summed E-state index contributed by atoms with van der Waals surface area (Å²) in [6, 6.07) is 68.4. The van der Waals surface area contributed by atoms with Crippen LogP contribution in [0.25, 0.3) is 108 Å². The zero-order valence-corrected chi connectivity index (χ0v) is 30.5. The van der Waals surface area contributed by atoms with E-state index >= 15 is 0 Å². The second kappa shape index (κ2) is 11.7. The Kier molecular flexibility index (Phi) is 6.50. The van der Waals surface area contributed by atoms with E-state index in [2.05, 4.69) is 197 Å². The molecule has 0 saturated heterocycles. The van der Waals surface area contributed by atoms with Crippen molar-refractivity contribution >= 4 is 86.0 Å². The highest BCUT2D eigenvalue weighted by molar-refractivity contribution is 7.26. The van der Waals surface area contributed by atoms with E-state index in [-0.39, 0.29) is 0 Å². The van der Waals surface area contributed by atoms with Crippen LogP contribution in [0.5, 0.6) is 0 Å². The first-order valence-corrected chi connectivity index (χ1v) is 19.5. The minimum absolute atomic E-state index is 1.01. The third-order valence-electron chi connectivity index (χ3n) is 11.3. The largest absolute Gasteiger partial charge is 0.309 e. The van der Waals surface area contributed by atoms with E-state index < -0.39 is 0 Å². The van der Waals surface area contributed by atoms with Gasteiger partial charge in [0.1, 0.15) is 0 Å². The van der Waals surface area contributed by atoms with Gasteiger partial charge >= 0.3 is 0 Å². The van der Waals surface area contributed by atoms with Crippen molar-refractivity contribution in [1.29, 1.82) is 0 Å². The zero-order chi connectivity index (χ0) is 36.0. The van der Waals surface area contributed by atoms with Crippen molar-refractivity contribution in [2.45, 2.75) is 0 Å². The Balaban J connectivity index is 1.15. The topological polar surface area (TPSA) is 22.8 Å². The van der Waals surface area contributed by atoms with Crippen LogP contribution in [0.15, 0.2) is 188 Å². The average Bonchev–Trinajstić information content (AvgIpc) is 3.92. The predicted molar refractivity (Wildman–Crippen MR) is 234 cm³/mol. The molecule has 55 heavy (non-hydrogen) atoms. The summed E-state index contributed by atoms with van der Waals surface area (Å²) < 4.78 is 7.37. The van der Waals surface area contributed by atoms with Gasteiger partial charge in [-0.05, 0) is 71.8 Å². The van der Waals surface area contributed by atoms with Gasteiger partial charge in [0, 0.05) is 59.3 Å². The smallest absolute Gasteiger partial charge is 0.0888 e. The quantitative estimate of drug-likeness (QED) is 0.178. The number of thiophene rings is 1. The van der Waals surface area contributed by atoms with Gasteiger partial charge in [0.15, 0.2) is 0 Å². The van der Waals surface area contributed by atoms with Gasteiger partial charge in [0.2, 0.25) is 0 Å². The maximum Gasteiger partial charge on any atom is 0.0888 e. The fourth-order valence-electron chi connectivity index (χ4n) is 8.90. The van der Waals surface area contributed by atoms with Gasteiger partial charge in [0.25, 0.3) is 0 Å². The molecule has 3 nitrogen and oxygen atoms in total. The molecule has 0 atom stereocenters. The van der Waals surface area contributed by atoms with E-state index in [9.17, 15) is 0 Å². The van der Waals surface area contributed by atoms with Crippen molar-refractivity contribution in [3.8, 4) is 33.8 Å². The van der Waals surface area contributed by atoms with Crippen molar-refractivity contribution < 1.29 is 0 Å². The van der Waals surface area contributed by atoms with Crippen molar-refractivity contribution in [3.05, 3.63) is 188 Å². The zero-order valence-electron chi connectivity index (χ0n) is 29.6. The van der Waals surface area contributed by atoms with E-state index in [1.807, 2.05) is 11.3 Å². The Bertz CT molecular complexity index is 3270. The van der Waals surface area contributed by atoms with E-state index in [1.165, 1.54) is 69.2 Å². The van der Waals surface area contributed by atoms with Crippen LogP contribution in [0.1, 0.15) is 0 Å². The Labute approximate surface area is 320 Å². The molecule has 4 aromatic heterocycles. The predicted octanol–water partition coefficient (Wildman–Crippen LogP) is 14.1. The number of rotatable bonds is 4. The molecular formula is C51H31N3S. The normalized spacial score (nSPS) is 12.0. The number of pyridine rings is 1. The van der Waals surface area contributed by atoms with Gasteiger partial charge in [-0.15, -0.1) is 11.3 Å². The maximum atomic E-state index is 5.36. The van der Waals surface area contributed by atoms with Crippen LogP contribution in [0.4, 0.5) is 0 Å². The minimum Gasteiger partial charge on any atom is -0.309 e. The molecule has 4 heterocycles. The van der Waals surface area contributed by atoms with Gasteiger partial charge in [-0.1, -0.05) is 127 Å². The molecule has 0 amide bonds. The highest BCUT2D eigenvalue weighted by atomic mass is 32.1. The van der Waals surface area contributed by atoms with Gasteiger partial charge in [-0.25, -0.2) is 4.98 Å². The summed E-state index contributed by atoms with van der Waals surface area (Å²) in [5, 5.41) is 8.76. The molecule has 8 aromatic carbocycles. The lowest BCUT2D eigenvalue weighted by Crippen LogP contribution is -2.00. The molecule has 12 aromatic rings. The number of benzene rings is 8. The first-order chi connectivity index (χ1) is 27.3. The third-order valence-corrected chi connectivity index (χ3v) is 12.4. The van der Waals surface area contributed by atoms with Crippen LogP contribution in [-0.2, 0) is 0 Å². The third kappa shape index (κ3) is 4.52. The van der Waals surface area contributed by atoms with E-state index in [0.717, 1.165) is 39.3 Å². The second-order valence-electron chi connectivity index (χ2n) is 14.3. The molecule has 0 aliphatic rings. The molecule has 0 saturated carbocycles. The van der Waals surface area contributed by atoms with E-state index in [4.69, 9.17) is 4.98 Å². The van der Waals surface area contributed by atoms with Crippen LogP contribution in [0.2, 0.25) is 0 Å². The summed E-state index contributed by atoms with van der Waals surface area (Å²) >= 11 is 1.84. The van der Waals surface area contributed by atoms with Crippen LogP contribution in [0.3, 0.4) is 0 Å². The van der Waals surface area contributed by atoms with Gasteiger partial charge in [-0.2, -0.15) is 0 Å². The first kappa shape index (κ1) is 30.5. The number of hydrogen-bond donors (Lipinski definition) is 0. The monoisotopic (exact) mass is 717 g/mol. The lowest BCUT2D eigenvalue weighted by Gasteiger charge is -2.16. The summed E-state index contributed by atoms with van der Waals surface area (Å²) in [7, 11) is 0. The van der Waals surface area contributed by atoms with Crippen molar-refractivity contribution in [2.75, 3.05) is 0 Å². The van der Waals surface area contributed by atoms with Crippen LogP contribution in [0, 0.1) is 0 Å². The molecule has 0 fully saturated rings. The fraction of sp³-hybridized carbons (Fsp3) is 0. The molecule has 256 valence electrons. The highest BCUT2D eigenvalue weighted by Crippen LogP contribution is 2.44.